The molecular weight excluding hydrogens is 366 g/mol. The van der Waals surface area contributed by atoms with Crippen LogP contribution in [-0.2, 0) is 25.5 Å². The highest BCUT2D eigenvalue weighted by molar-refractivity contribution is 7.86. The Hall–Kier alpha value is -2.38. The van der Waals surface area contributed by atoms with Gasteiger partial charge in [0.2, 0.25) is 5.91 Å². The van der Waals surface area contributed by atoms with Crippen LogP contribution in [0, 0.1) is 6.92 Å². The lowest BCUT2D eigenvalue weighted by atomic mass is 10.0. The third-order valence-electron chi connectivity index (χ3n) is 4.33. The molecule has 144 valence electrons. The number of ether oxygens (including phenoxy) is 1. The molecule has 1 N–H and O–H groups in total. The van der Waals surface area contributed by atoms with Crippen LogP contribution in [0.15, 0.2) is 47.4 Å². The number of carbonyl (C=O) groups is 1. The minimum absolute atomic E-state index is 0.0200. The molecule has 0 spiro atoms. The van der Waals surface area contributed by atoms with Crippen molar-refractivity contribution >= 4 is 21.7 Å². The van der Waals surface area contributed by atoms with Gasteiger partial charge < -0.3 is 10.1 Å². The Labute approximate surface area is 159 Å². The van der Waals surface area contributed by atoms with Gasteiger partial charge in [0.05, 0.1) is 18.1 Å². The van der Waals surface area contributed by atoms with E-state index in [-0.39, 0.29) is 17.4 Å². The molecule has 1 aliphatic rings. The molecule has 0 atom stereocenters. The molecule has 1 heterocycles. The van der Waals surface area contributed by atoms with E-state index in [1.807, 2.05) is 25.1 Å². The van der Waals surface area contributed by atoms with Crippen LogP contribution >= 0.6 is 0 Å². The third kappa shape index (κ3) is 5.30. The summed E-state index contributed by atoms with van der Waals surface area (Å²) in [4.78, 5) is 11.6. The van der Waals surface area contributed by atoms with E-state index in [0.717, 1.165) is 23.2 Å². The first-order valence-electron chi connectivity index (χ1n) is 8.96. The lowest BCUT2D eigenvalue weighted by molar-refractivity contribution is -0.116. The fraction of sp³-hybridized carbons (Fsp3) is 0.350. The zero-order chi connectivity index (χ0) is 19.3. The molecule has 2 aromatic rings. The summed E-state index contributed by atoms with van der Waals surface area (Å²) in [6.45, 7) is 2.45. The maximum atomic E-state index is 12.1. The molecule has 3 rings (SSSR count). The van der Waals surface area contributed by atoms with E-state index >= 15 is 0 Å². The monoisotopic (exact) mass is 389 g/mol. The van der Waals surface area contributed by atoms with Gasteiger partial charge in [0.15, 0.2) is 0 Å². The van der Waals surface area contributed by atoms with Gasteiger partial charge in [-0.1, -0.05) is 23.8 Å². The summed E-state index contributed by atoms with van der Waals surface area (Å²) in [5.41, 5.74) is 2.90. The first kappa shape index (κ1) is 19.4. The summed E-state index contributed by atoms with van der Waals surface area (Å²) in [5, 5.41) is 2.84. The highest BCUT2D eigenvalue weighted by Crippen LogP contribution is 2.27. The van der Waals surface area contributed by atoms with Crippen molar-refractivity contribution < 1.29 is 22.1 Å². The van der Waals surface area contributed by atoms with E-state index in [9.17, 15) is 13.2 Å². The SMILES string of the molecule is Cc1ccc(S(=O)(=O)OCCCCOc2ccc3c(c2)NC(=O)CC3)cc1. The number of anilines is 1. The molecular formula is C20H23NO5S. The molecule has 27 heavy (non-hydrogen) atoms. The average molecular weight is 389 g/mol. The third-order valence-corrected chi connectivity index (χ3v) is 5.66. The normalized spacial score (nSPS) is 13.7. The van der Waals surface area contributed by atoms with Gasteiger partial charge in [-0.3, -0.25) is 8.98 Å². The van der Waals surface area contributed by atoms with Crippen LogP contribution in [0.5, 0.6) is 5.75 Å². The zero-order valence-electron chi connectivity index (χ0n) is 15.2. The Bertz CT molecular complexity index is 906. The van der Waals surface area contributed by atoms with Crippen LogP contribution in [0.4, 0.5) is 5.69 Å². The number of unbranched alkanes of at least 4 members (excludes halogenated alkanes) is 1. The topological polar surface area (TPSA) is 81.7 Å². The maximum absolute atomic E-state index is 12.1. The summed E-state index contributed by atoms with van der Waals surface area (Å²) < 4.78 is 34.9. The van der Waals surface area contributed by atoms with Gasteiger partial charge in [-0.25, -0.2) is 0 Å². The summed E-state index contributed by atoms with van der Waals surface area (Å²) in [6.07, 6.45) is 2.48. The highest BCUT2D eigenvalue weighted by atomic mass is 32.2. The molecule has 1 aliphatic heterocycles. The zero-order valence-corrected chi connectivity index (χ0v) is 16.1. The Morgan fingerprint density at radius 2 is 1.74 bits per heavy atom. The largest absolute Gasteiger partial charge is 0.494 e. The molecule has 6 nitrogen and oxygen atoms in total. The van der Waals surface area contributed by atoms with Gasteiger partial charge in [0, 0.05) is 18.2 Å². The number of carbonyl (C=O) groups excluding carboxylic acids is 1. The van der Waals surface area contributed by atoms with Crippen LogP contribution in [0.1, 0.15) is 30.4 Å². The molecule has 0 fully saturated rings. The molecule has 7 heteroatoms. The van der Waals surface area contributed by atoms with Gasteiger partial charge in [-0.05, 0) is 49.9 Å². The molecule has 0 radical (unpaired) electrons. The molecule has 1 amide bonds. The standard InChI is InChI=1S/C20H23NO5S/c1-15-4-9-18(10-5-15)27(23,24)26-13-3-2-12-25-17-8-6-16-7-11-20(22)21-19(16)14-17/h4-6,8-10,14H,2-3,7,11-13H2,1H3,(H,21,22). The second-order valence-corrected chi connectivity index (χ2v) is 8.13. The number of aryl methyl sites for hydroxylation is 2. The van der Waals surface area contributed by atoms with Crippen LogP contribution in [0.3, 0.4) is 0 Å². The molecule has 0 aliphatic carbocycles. The predicted octanol–water partition coefficient (Wildman–Crippen LogP) is 3.44. The average Bonchev–Trinajstić information content (AvgIpc) is 2.64. The minimum atomic E-state index is -3.71. The van der Waals surface area contributed by atoms with Gasteiger partial charge in [-0.15, -0.1) is 0 Å². The van der Waals surface area contributed by atoms with Crippen molar-refractivity contribution in [3.63, 3.8) is 0 Å². The predicted molar refractivity (Wildman–Crippen MR) is 102 cm³/mol. The van der Waals surface area contributed by atoms with Crippen LogP contribution in [0.25, 0.3) is 0 Å². The lowest BCUT2D eigenvalue weighted by Gasteiger charge is -2.17. The van der Waals surface area contributed by atoms with Crippen LogP contribution in [-0.4, -0.2) is 27.5 Å². The number of hydrogen-bond acceptors (Lipinski definition) is 5. The highest BCUT2D eigenvalue weighted by Gasteiger charge is 2.16. The smallest absolute Gasteiger partial charge is 0.296 e. The number of hydrogen-bond donors (Lipinski definition) is 1. The summed E-state index contributed by atoms with van der Waals surface area (Å²) in [6, 6.07) is 12.2. The minimum Gasteiger partial charge on any atom is -0.494 e. The van der Waals surface area contributed by atoms with E-state index in [1.54, 1.807) is 24.3 Å². The molecule has 0 unspecified atom stereocenters. The van der Waals surface area contributed by atoms with Gasteiger partial charge in [0.1, 0.15) is 5.75 Å². The molecule has 0 bridgehead atoms. The molecule has 0 aromatic heterocycles. The van der Waals surface area contributed by atoms with Crippen molar-refractivity contribution in [2.24, 2.45) is 0 Å². The fourth-order valence-electron chi connectivity index (χ4n) is 2.78. The van der Waals surface area contributed by atoms with Crippen molar-refractivity contribution in [3.05, 3.63) is 53.6 Å². The van der Waals surface area contributed by atoms with Crippen molar-refractivity contribution in [2.75, 3.05) is 18.5 Å². The van der Waals surface area contributed by atoms with E-state index < -0.39 is 10.1 Å². The quantitative estimate of drug-likeness (QED) is 0.552. The molecule has 2 aromatic carbocycles. The Morgan fingerprint density at radius 3 is 2.52 bits per heavy atom. The first-order chi connectivity index (χ1) is 12.9. The maximum Gasteiger partial charge on any atom is 0.296 e. The van der Waals surface area contributed by atoms with Gasteiger partial charge in [-0.2, -0.15) is 8.42 Å². The number of fused-ring (bicyclic) bond motifs is 1. The second-order valence-electron chi connectivity index (χ2n) is 6.51. The number of benzene rings is 2. The Morgan fingerprint density at radius 1 is 1.00 bits per heavy atom. The summed E-state index contributed by atoms with van der Waals surface area (Å²) in [7, 11) is -3.71. The lowest BCUT2D eigenvalue weighted by Crippen LogP contribution is -2.18. The summed E-state index contributed by atoms with van der Waals surface area (Å²) in [5.74, 6) is 0.704. The van der Waals surface area contributed by atoms with Crippen LogP contribution in [0.2, 0.25) is 0 Å². The van der Waals surface area contributed by atoms with Crippen molar-refractivity contribution in [1.82, 2.24) is 0 Å². The van der Waals surface area contributed by atoms with Crippen LogP contribution < -0.4 is 10.1 Å². The Kier molecular flexibility index (Phi) is 6.13. The second kappa shape index (κ2) is 8.54. The fourth-order valence-corrected chi connectivity index (χ4v) is 3.72. The number of rotatable bonds is 8. The van der Waals surface area contributed by atoms with E-state index in [1.165, 1.54) is 0 Å². The first-order valence-corrected chi connectivity index (χ1v) is 10.4. The number of amides is 1. The van der Waals surface area contributed by atoms with E-state index in [4.69, 9.17) is 8.92 Å². The van der Waals surface area contributed by atoms with E-state index in [0.29, 0.717) is 31.6 Å². The van der Waals surface area contributed by atoms with Gasteiger partial charge >= 0.3 is 0 Å². The Balaban J connectivity index is 1.40. The van der Waals surface area contributed by atoms with E-state index in [2.05, 4.69) is 5.32 Å². The molecule has 0 saturated heterocycles. The van der Waals surface area contributed by atoms with Crippen molar-refractivity contribution in [1.29, 1.82) is 0 Å². The number of nitrogens with one attached hydrogen (secondary N) is 1. The van der Waals surface area contributed by atoms with Gasteiger partial charge in [0.25, 0.3) is 10.1 Å². The molecule has 0 saturated carbocycles. The van der Waals surface area contributed by atoms with Crippen molar-refractivity contribution in [3.8, 4) is 5.75 Å². The summed E-state index contributed by atoms with van der Waals surface area (Å²) >= 11 is 0. The van der Waals surface area contributed by atoms with Crippen molar-refractivity contribution in [2.45, 2.75) is 37.5 Å².